The zero-order valence-electron chi connectivity index (χ0n) is 23.4. The van der Waals surface area contributed by atoms with Gasteiger partial charge in [0.2, 0.25) is 11.6 Å². The molecule has 208 valence electrons. The SMILES string of the molecule is Cc1c(CNc2ccc(NC(=O)NCc3ccncc3)cc2)oc2c1C(=O)C(=O)c1c-2ccc2c1CCCC2(C)C. The van der Waals surface area contributed by atoms with Crippen LogP contribution in [0.5, 0.6) is 0 Å². The number of hydrogen-bond acceptors (Lipinski definition) is 6. The summed E-state index contributed by atoms with van der Waals surface area (Å²) >= 11 is 0. The highest BCUT2D eigenvalue weighted by Crippen LogP contribution is 2.45. The van der Waals surface area contributed by atoms with Gasteiger partial charge in [-0.25, -0.2) is 4.79 Å². The lowest BCUT2D eigenvalue weighted by molar-refractivity contribution is 0.0813. The van der Waals surface area contributed by atoms with Gasteiger partial charge in [-0.2, -0.15) is 0 Å². The fourth-order valence-electron chi connectivity index (χ4n) is 5.96. The molecule has 2 heterocycles. The normalized spacial score (nSPS) is 15.0. The van der Waals surface area contributed by atoms with Gasteiger partial charge in [0.25, 0.3) is 0 Å². The standard InChI is InChI=1S/C33H32N4O4/c1-19-26(18-35-21-6-8-22(9-7-21)37-32(40)36-17-20-12-15-34-16-13-20)41-31-24-10-11-25-23(5-4-14-33(25,2)3)28(24)30(39)29(38)27(19)31/h6-13,15-16,35H,4-5,14,17-18H2,1-3H3,(H2,36,37,40). The lowest BCUT2D eigenvalue weighted by atomic mass is 9.69. The number of nitrogens with one attached hydrogen (secondary N) is 3. The van der Waals surface area contributed by atoms with Crippen LogP contribution in [0.4, 0.5) is 16.2 Å². The van der Waals surface area contributed by atoms with E-state index in [1.54, 1.807) is 24.5 Å². The summed E-state index contributed by atoms with van der Waals surface area (Å²) < 4.78 is 6.28. The smallest absolute Gasteiger partial charge is 0.319 e. The van der Waals surface area contributed by atoms with Crippen LogP contribution in [0, 0.1) is 6.92 Å². The Kier molecular flexibility index (Phi) is 6.69. The molecule has 2 aliphatic carbocycles. The van der Waals surface area contributed by atoms with Crippen molar-refractivity contribution in [2.45, 2.75) is 58.5 Å². The van der Waals surface area contributed by atoms with Crippen LogP contribution in [0.25, 0.3) is 11.3 Å². The van der Waals surface area contributed by atoms with Gasteiger partial charge in [0, 0.05) is 47.0 Å². The second-order valence-electron chi connectivity index (χ2n) is 11.4. The maximum atomic E-state index is 13.4. The number of ketones is 2. The van der Waals surface area contributed by atoms with Crippen molar-refractivity contribution in [3.63, 3.8) is 0 Å². The molecule has 4 aromatic rings. The van der Waals surface area contributed by atoms with Crippen LogP contribution in [-0.2, 0) is 24.9 Å². The molecule has 2 aliphatic rings. The molecule has 0 atom stereocenters. The fraction of sp³-hybridized carbons (Fsp3) is 0.273. The molecule has 2 aromatic carbocycles. The number of fused-ring (bicyclic) bond motifs is 5. The van der Waals surface area contributed by atoms with Crippen LogP contribution in [0.2, 0.25) is 0 Å². The number of amides is 2. The molecule has 0 spiro atoms. The van der Waals surface area contributed by atoms with Gasteiger partial charge in [0.05, 0.1) is 12.1 Å². The summed E-state index contributed by atoms with van der Waals surface area (Å²) in [5.41, 5.74) is 6.84. The number of carbonyl (C=O) groups excluding carboxylic acids is 3. The first-order valence-corrected chi connectivity index (χ1v) is 13.9. The van der Waals surface area contributed by atoms with Gasteiger partial charge < -0.3 is 20.4 Å². The highest BCUT2D eigenvalue weighted by Gasteiger charge is 2.40. The number of nitrogens with zero attached hydrogens (tertiary/aromatic N) is 1. The molecule has 0 fully saturated rings. The second kappa shape index (κ2) is 10.4. The average molecular weight is 549 g/mol. The van der Waals surface area contributed by atoms with Crippen LogP contribution in [0.15, 0.2) is 65.3 Å². The van der Waals surface area contributed by atoms with E-state index < -0.39 is 11.6 Å². The molecule has 0 saturated carbocycles. The summed E-state index contributed by atoms with van der Waals surface area (Å²) in [6.45, 7) is 6.96. The summed E-state index contributed by atoms with van der Waals surface area (Å²) in [6, 6.07) is 14.8. The highest BCUT2D eigenvalue weighted by atomic mass is 16.3. The number of urea groups is 1. The van der Waals surface area contributed by atoms with Crippen molar-refractivity contribution in [2.75, 3.05) is 10.6 Å². The van der Waals surface area contributed by atoms with E-state index >= 15 is 0 Å². The van der Waals surface area contributed by atoms with Crippen molar-refractivity contribution >= 4 is 29.0 Å². The number of carbonyl (C=O) groups is 3. The van der Waals surface area contributed by atoms with Crippen LogP contribution in [-0.4, -0.2) is 22.6 Å². The minimum Gasteiger partial charge on any atom is -0.458 e. The Balaban J connectivity index is 1.16. The molecule has 2 amide bonds. The zero-order chi connectivity index (χ0) is 28.7. The van der Waals surface area contributed by atoms with E-state index in [0.29, 0.717) is 52.6 Å². The van der Waals surface area contributed by atoms with Crippen molar-refractivity contribution in [1.82, 2.24) is 10.3 Å². The van der Waals surface area contributed by atoms with Crippen molar-refractivity contribution < 1.29 is 18.8 Å². The van der Waals surface area contributed by atoms with Crippen LogP contribution in [0.1, 0.15) is 75.4 Å². The first-order chi connectivity index (χ1) is 19.7. The van der Waals surface area contributed by atoms with Gasteiger partial charge in [-0.3, -0.25) is 14.6 Å². The van der Waals surface area contributed by atoms with Gasteiger partial charge >= 0.3 is 6.03 Å². The molecule has 0 aliphatic heterocycles. The lowest BCUT2D eigenvalue weighted by Crippen LogP contribution is -2.29. The molecule has 0 unspecified atom stereocenters. The number of hydrogen-bond donors (Lipinski definition) is 3. The molecule has 41 heavy (non-hydrogen) atoms. The number of benzene rings is 2. The Hall–Kier alpha value is -4.72. The number of pyridine rings is 1. The third-order valence-electron chi connectivity index (χ3n) is 8.22. The van der Waals surface area contributed by atoms with E-state index in [-0.39, 0.29) is 11.4 Å². The highest BCUT2D eigenvalue weighted by molar-refractivity contribution is 6.53. The molecular formula is C33H32N4O4. The Morgan fingerprint density at radius 2 is 1.63 bits per heavy atom. The zero-order valence-corrected chi connectivity index (χ0v) is 23.4. The molecule has 8 nitrogen and oxygen atoms in total. The Morgan fingerprint density at radius 1 is 0.927 bits per heavy atom. The number of furan rings is 1. The minimum absolute atomic E-state index is 0.0324. The second-order valence-corrected chi connectivity index (χ2v) is 11.4. The largest absolute Gasteiger partial charge is 0.458 e. The van der Waals surface area contributed by atoms with E-state index in [9.17, 15) is 14.4 Å². The predicted octanol–water partition coefficient (Wildman–Crippen LogP) is 6.58. The van der Waals surface area contributed by atoms with Gasteiger partial charge in [-0.15, -0.1) is 0 Å². The van der Waals surface area contributed by atoms with E-state index in [0.717, 1.165) is 41.6 Å². The Bertz CT molecular complexity index is 1670. The number of anilines is 2. The summed E-state index contributed by atoms with van der Waals surface area (Å²) in [7, 11) is 0. The molecule has 8 heteroatoms. The van der Waals surface area contributed by atoms with Crippen molar-refractivity contribution in [1.29, 1.82) is 0 Å². The maximum absolute atomic E-state index is 13.4. The van der Waals surface area contributed by atoms with Gasteiger partial charge in [-0.1, -0.05) is 26.0 Å². The third kappa shape index (κ3) is 4.90. The first-order valence-electron chi connectivity index (χ1n) is 13.9. The molecule has 0 radical (unpaired) electrons. The number of aromatic nitrogens is 1. The van der Waals surface area contributed by atoms with Gasteiger partial charge in [0.15, 0.2) is 0 Å². The van der Waals surface area contributed by atoms with Crippen LogP contribution >= 0.6 is 0 Å². The monoisotopic (exact) mass is 548 g/mol. The summed E-state index contributed by atoms with van der Waals surface area (Å²) in [6.07, 6.45) is 6.20. The van der Waals surface area contributed by atoms with E-state index in [1.165, 1.54) is 0 Å². The first kappa shape index (κ1) is 26.5. The van der Waals surface area contributed by atoms with Crippen LogP contribution < -0.4 is 16.0 Å². The minimum atomic E-state index is -0.491. The quantitative estimate of drug-likeness (QED) is 0.235. The summed E-state index contributed by atoms with van der Waals surface area (Å²) in [4.78, 5) is 42.9. The summed E-state index contributed by atoms with van der Waals surface area (Å²) in [5, 5.41) is 8.96. The lowest BCUT2D eigenvalue weighted by Gasteiger charge is -2.34. The van der Waals surface area contributed by atoms with Gasteiger partial charge in [-0.05, 0) is 84.7 Å². The van der Waals surface area contributed by atoms with Crippen molar-refractivity contribution in [3.8, 4) is 11.3 Å². The van der Waals surface area contributed by atoms with E-state index in [1.807, 2.05) is 37.3 Å². The fourth-order valence-corrected chi connectivity index (χ4v) is 5.96. The van der Waals surface area contributed by atoms with Gasteiger partial charge in [0.1, 0.15) is 11.5 Å². The number of rotatable bonds is 6. The van der Waals surface area contributed by atoms with E-state index in [4.69, 9.17) is 4.42 Å². The molecule has 0 bridgehead atoms. The molecule has 2 aromatic heterocycles. The Labute approximate surface area is 238 Å². The molecule has 0 saturated heterocycles. The van der Waals surface area contributed by atoms with E-state index in [2.05, 4.69) is 40.8 Å². The maximum Gasteiger partial charge on any atom is 0.319 e. The topological polar surface area (TPSA) is 113 Å². The Morgan fingerprint density at radius 3 is 2.39 bits per heavy atom. The summed E-state index contributed by atoms with van der Waals surface area (Å²) in [5.74, 6) is 0.176. The molecular weight excluding hydrogens is 516 g/mol. The molecule has 6 rings (SSSR count). The van der Waals surface area contributed by atoms with Crippen molar-refractivity contribution in [3.05, 3.63) is 100 Å². The third-order valence-corrected chi connectivity index (χ3v) is 8.22. The average Bonchev–Trinajstić information content (AvgIpc) is 3.30. The predicted molar refractivity (Wildman–Crippen MR) is 157 cm³/mol. The van der Waals surface area contributed by atoms with Crippen molar-refractivity contribution in [2.24, 2.45) is 0 Å². The number of Topliss-reactive ketones (excluding diaryl/α,β-unsaturated/α-hetero) is 2. The molecule has 3 N–H and O–H groups in total. The van der Waals surface area contributed by atoms with Crippen LogP contribution in [0.3, 0.4) is 0 Å².